The van der Waals surface area contributed by atoms with E-state index in [1.54, 1.807) is 0 Å². The number of ether oxygens (including phenoxy) is 1. The van der Waals surface area contributed by atoms with Crippen LogP contribution in [0, 0.1) is 0 Å². The molecule has 1 saturated heterocycles. The summed E-state index contributed by atoms with van der Waals surface area (Å²) in [7, 11) is -1.45. The predicted octanol–water partition coefficient (Wildman–Crippen LogP) is 2.32. The highest BCUT2D eigenvalue weighted by Crippen LogP contribution is 2.20. The molecule has 1 aliphatic heterocycles. The van der Waals surface area contributed by atoms with Crippen LogP contribution in [-0.4, -0.2) is 26.5 Å². The van der Waals surface area contributed by atoms with Crippen LogP contribution in [0.5, 0.6) is 0 Å². The number of carbonyl (C=O) groups is 1. The van der Waals surface area contributed by atoms with Gasteiger partial charge in [-0.15, -0.1) is 0 Å². The van der Waals surface area contributed by atoms with Crippen molar-refractivity contribution in [3.63, 3.8) is 0 Å². The first-order valence-electron chi connectivity index (χ1n) is 5.24. The van der Waals surface area contributed by atoms with Gasteiger partial charge in [0.25, 0.3) is 0 Å². The van der Waals surface area contributed by atoms with Crippen LogP contribution in [0.1, 0.15) is 26.2 Å². The summed E-state index contributed by atoms with van der Waals surface area (Å²) in [6, 6.07) is 0. The number of cyclic esters (lactones) is 1. The minimum absolute atomic E-state index is 0.0600. The minimum Gasteiger partial charge on any atom is -0.462 e. The van der Waals surface area contributed by atoms with Crippen molar-refractivity contribution in [3.05, 3.63) is 0 Å². The fourth-order valence-electron chi connectivity index (χ4n) is 1.77. The summed E-state index contributed by atoms with van der Waals surface area (Å²) in [5.74, 6) is -0.0600. The number of esters is 1. The molecule has 0 N–H and O–H groups in total. The molecule has 82 valence electrons. The summed E-state index contributed by atoms with van der Waals surface area (Å²) >= 11 is 0. The molecule has 0 aromatic carbocycles. The van der Waals surface area contributed by atoms with E-state index >= 15 is 0 Å². The maximum absolute atomic E-state index is 10.9. The Hall–Kier alpha value is -0.353. The first-order chi connectivity index (χ1) is 6.37. The number of hydrogen-bond donors (Lipinski definition) is 0. The van der Waals surface area contributed by atoms with Crippen LogP contribution in [0.2, 0.25) is 19.6 Å². The summed E-state index contributed by atoms with van der Waals surface area (Å²) < 4.78 is 11.0. The van der Waals surface area contributed by atoms with Crippen molar-refractivity contribution in [2.24, 2.45) is 0 Å². The molecule has 0 aliphatic carbocycles. The zero-order chi connectivity index (χ0) is 10.8. The first kappa shape index (κ1) is 11.7. The quantitative estimate of drug-likeness (QED) is 0.534. The van der Waals surface area contributed by atoms with Crippen LogP contribution in [0.3, 0.4) is 0 Å². The monoisotopic (exact) mass is 216 g/mol. The molecule has 1 heterocycles. The smallest absolute Gasteiger partial charge is 0.306 e. The van der Waals surface area contributed by atoms with E-state index in [4.69, 9.17) is 9.16 Å². The number of rotatable bonds is 4. The van der Waals surface area contributed by atoms with Crippen molar-refractivity contribution in [1.82, 2.24) is 0 Å². The van der Waals surface area contributed by atoms with E-state index in [1.165, 1.54) is 0 Å². The van der Waals surface area contributed by atoms with Crippen LogP contribution in [0.25, 0.3) is 0 Å². The van der Waals surface area contributed by atoms with Crippen LogP contribution < -0.4 is 0 Å². The summed E-state index contributed by atoms with van der Waals surface area (Å²) in [6.45, 7) is 8.57. The zero-order valence-electron chi connectivity index (χ0n) is 9.50. The third-order valence-electron chi connectivity index (χ3n) is 2.12. The third-order valence-corrected chi connectivity index (χ3v) is 3.23. The Morgan fingerprint density at radius 1 is 1.57 bits per heavy atom. The minimum atomic E-state index is -1.45. The molecule has 0 amide bonds. The zero-order valence-corrected chi connectivity index (χ0v) is 10.5. The molecule has 2 unspecified atom stereocenters. The van der Waals surface area contributed by atoms with Crippen molar-refractivity contribution in [1.29, 1.82) is 0 Å². The molecule has 1 aliphatic rings. The summed E-state index contributed by atoms with van der Waals surface area (Å²) in [5.41, 5.74) is 0. The van der Waals surface area contributed by atoms with Gasteiger partial charge in [0, 0.05) is 18.9 Å². The van der Waals surface area contributed by atoms with E-state index in [9.17, 15) is 4.79 Å². The maximum Gasteiger partial charge on any atom is 0.306 e. The van der Waals surface area contributed by atoms with Gasteiger partial charge >= 0.3 is 5.97 Å². The van der Waals surface area contributed by atoms with Gasteiger partial charge in [-0.3, -0.25) is 4.79 Å². The second kappa shape index (κ2) is 4.44. The molecule has 0 bridgehead atoms. The average molecular weight is 216 g/mol. The molecular formula is C10H20O3Si. The molecule has 3 nitrogen and oxygen atoms in total. The summed E-state index contributed by atoms with van der Waals surface area (Å²) in [6.07, 6.45) is 2.57. The van der Waals surface area contributed by atoms with E-state index in [1.807, 2.05) is 0 Å². The Labute approximate surface area is 86.9 Å². The van der Waals surface area contributed by atoms with Crippen LogP contribution >= 0.6 is 0 Å². The van der Waals surface area contributed by atoms with Crippen molar-refractivity contribution in [3.8, 4) is 0 Å². The Morgan fingerprint density at radius 2 is 2.21 bits per heavy atom. The van der Waals surface area contributed by atoms with E-state index < -0.39 is 8.32 Å². The van der Waals surface area contributed by atoms with Crippen LogP contribution in [0.4, 0.5) is 0 Å². The van der Waals surface area contributed by atoms with Crippen molar-refractivity contribution in [2.45, 2.75) is 58.0 Å². The molecule has 14 heavy (non-hydrogen) atoms. The predicted molar refractivity (Wildman–Crippen MR) is 57.6 cm³/mol. The molecular weight excluding hydrogens is 196 g/mol. The summed E-state index contributed by atoms with van der Waals surface area (Å²) in [4.78, 5) is 10.9. The third kappa shape index (κ3) is 4.24. The van der Waals surface area contributed by atoms with Gasteiger partial charge < -0.3 is 9.16 Å². The normalized spacial score (nSPS) is 24.9. The molecule has 1 rings (SSSR count). The molecule has 4 heteroatoms. The van der Waals surface area contributed by atoms with Gasteiger partial charge in [0.05, 0.1) is 0 Å². The first-order valence-corrected chi connectivity index (χ1v) is 8.65. The lowest BCUT2D eigenvalue weighted by molar-refractivity contribution is -0.142. The fraction of sp³-hybridized carbons (Fsp3) is 0.900. The molecule has 0 spiro atoms. The van der Waals surface area contributed by atoms with Gasteiger partial charge in [-0.1, -0.05) is 0 Å². The average Bonchev–Trinajstić information content (AvgIpc) is 2.30. The molecule has 0 radical (unpaired) electrons. The molecule has 0 aromatic heterocycles. The lowest BCUT2D eigenvalue weighted by Crippen LogP contribution is -2.32. The number of hydrogen-bond acceptors (Lipinski definition) is 3. The van der Waals surface area contributed by atoms with Crippen LogP contribution in [-0.2, 0) is 14.0 Å². The fourth-order valence-corrected chi connectivity index (χ4v) is 3.07. The summed E-state index contributed by atoms with van der Waals surface area (Å²) in [5, 5.41) is 0. The standard InChI is InChI=1S/C10H20O3Si/c1-8(13-14(2,3)4)7-9-5-6-10(11)12-9/h8-9H,5-7H2,1-4H3. The van der Waals surface area contributed by atoms with Crippen molar-refractivity contribution < 1.29 is 14.0 Å². The second-order valence-corrected chi connectivity index (χ2v) is 9.39. The van der Waals surface area contributed by atoms with E-state index in [2.05, 4.69) is 26.6 Å². The molecule has 2 atom stereocenters. The van der Waals surface area contributed by atoms with E-state index in [0.717, 1.165) is 12.8 Å². The largest absolute Gasteiger partial charge is 0.462 e. The Bertz CT molecular complexity index is 210. The topological polar surface area (TPSA) is 35.5 Å². The van der Waals surface area contributed by atoms with E-state index in [-0.39, 0.29) is 18.2 Å². The molecule has 0 aromatic rings. The van der Waals surface area contributed by atoms with Gasteiger partial charge in [0.2, 0.25) is 0 Å². The van der Waals surface area contributed by atoms with Crippen molar-refractivity contribution >= 4 is 14.3 Å². The molecule has 0 saturated carbocycles. The lowest BCUT2D eigenvalue weighted by Gasteiger charge is -2.24. The van der Waals surface area contributed by atoms with Crippen molar-refractivity contribution in [2.75, 3.05) is 0 Å². The maximum atomic E-state index is 10.9. The molecule has 1 fully saturated rings. The SMILES string of the molecule is CC(CC1CCC(=O)O1)O[Si](C)(C)C. The van der Waals surface area contributed by atoms with Crippen LogP contribution in [0.15, 0.2) is 0 Å². The second-order valence-electron chi connectivity index (χ2n) is 4.93. The Kier molecular flexibility index (Phi) is 3.72. The number of carbonyl (C=O) groups excluding carboxylic acids is 1. The highest BCUT2D eigenvalue weighted by atomic mass is 28.4. The van der Waals surface area contributed by atoms with Gasteiger partial charge in [-0.25, -0.2) is 0 Å². The van der Waals surface area contributed by atoms with E-state index in [0.29, 0.717) is 6.42 Å². The Morgan fingerprint density at radius 3 is 2.64 bits per heavy atom. The highest BCUT2D eigenvalue weighted by Gasteiger charge is 2.27. The Balaban J connectivity index is 2.27. The van der Waals surface area contributed by atoms with Gasteiger partial charge in [-0.2, -0.15) is 0 Å². The van der Waals surface area contributed by atoms with Gasteiger partial charge in [0.15, 0.2) is 8.32 Å². The van der Waals surface area contributed by atoms with Gasteiger partial charge in [-0.05, 0) is 33.0 Å². The highest BCUT2D eigenvalue weighted by molar-refractivity contribution is 6.69. The van der Waals surface area contributed by atoms with Gasteiger partial charge in [0.1, 0.15) is 6.10 Å². The lowest BCUT2D eigenvalue weighted by atomic mass is 10.1.